The fourth-order valence-corrected chi connectivity index (χ4v) is 2.30. The maximum Gasteiger partial charge on any atom is 0.417 e. The molecule has 1 amide bonds. The number of rotatable bonds is 3. The number of carbonyl (C=O) groups excluding carboxylic acids is 1. The number of hydrogen-bond acceptors (Lipinski definition) is 2. The van der Waals surface area contributed by atoms with Gasteiger partial charge < -0.3 is 10.1 Å². The van der Waals surface area contributed by atoms with Crippen LogP contribution in [0.4, 0.5) is 13.2 Å². The lowest BCUT2D eigenvalue weighted by atomic mass is 10.0. The molecule has 1 N–H and O–H groups in total. The highest BCUT2D eigenvalue weighted by Crippen LogP contribution is 2.31. The standard InChI is InChI=1S/C14H16F3NO2/c1-9(12-7-4-8-20-12)18-13(19)10-5-2-3-6-11(10)14(15,16)17/h2-3,5-6,9,12H,4,7-8H2,1H3,(H,18,19)/t9-,12-/m1/s1. The second kappa shape index (κ2) is 5.83. The topological polar surface area (TPSA) is 38.3 Å². The van der Waals surface area contributed by atoms with Crippen molar-refractivity contribution in [3.05, 3.63) is 35.4 Å². The van der Waals surface area contributed by atoms with Crippen LogP contribution in [0.25, 0.3) is 0 Å². The van der Waals surface area contributed by atoms with Crippen molar-refractivity contribution in [3.8, 4) is 0 Å². The molecule has 1 aromatic carbocycles. The first-order chi connectivity index (χ1) is 9.39. The number of ether oxygens (including phenoxy) is 1. The Morgan fingerprint density at radius 2 is 2.10 bits per heavy atom. The van der Waals surface area contributed by atoms with Gasteiger partial charge in [0.05, 0.1) is 23.3 Å². The van der Waals surface area contributed by atoms with Crippen molar-refractivity contribution in [1.82, 2.24) is 5.32 Å². The number of nitrogens with one attached hydrogen (secondary N) is 1. The maximum atomic E-state index is 12.8. The third-order valence-corrected chi connectivity index (χ3v) is 3.36. The van der Waals surface area contributed by atoms with Crippen LogP contribution in [0, 0.1) is 0 Å². The Kier molecular flexibility index (Phi) is 4.32. The van der Waals surface area contributed by atoms with E-state index in [-0.39, 0.29) is 17.7 Å². The van der Waals surface area contributed by atoms with Gasteiger partial charge in [-0.25, -0.2) is 0 Å². The van der Waals surface area contributed by atoms with E-state index in [1.54, 1.807) is 6.92 Å². The predicted octanol–water partition coefficient (Wildman–Crippen LogP) is 3.00. The van der Waals surface area contributed by atoms with E-state index in [4.69, 9.17) is 4.74 Å². The van der Waals surface area contributed by atoms with E-state index < -0.39 is 17.6 Å². The lowest BCUT2D eigenvalue weighted by molar-refractivity contribution is -0.137. The van der Waals surface area contributed by atoms with Crippen molar-refractivity contribution in [2.24, 2.45) is 0 Å². The van der Waals surface area contributed by atoms with Gasteiger partial charge in [-0.1, -0.05) is 12.1 Å². The van der Waals surface area contributed by atoms with Crippen LogP contribution < -0.4 is 5.32 Å². The van der Waals surface area contributed by atoms with Crippen LogP contribution in [0.1, 0.15) is 35.7 Å². The van der Waals surface area contributed by atoms with Gasteiger partial charge in [0.25, 0.3) is 5.91 Å². The molecule has 0 bridgehead atoms. The first-order valence-corrected chi connectivity index (χ1v) is 6.48. The minimum atomic E-state index is -4.54. The van der Waals surface area contributed by atoms with Gasteiger partial charge in [-0.05, 0) is 31.9 Å². The summed E-state index contributed by atoms with van der Waals surface area (Å²) in [5, 5.41) is 2.59. The summed E-state index contributed by atoms with van der Waals surface area (Å²) in [7, 11) is 0. The van der Waals surface area contributed by atoms with Crippen LogP contribution in [0.2, 0.25) is 0 Å². The predicted molar refractivity (Wildman–Crippen MR) is 67.3 cm³/mol. The van der Waals surface area contributed by atoms with Crippen LogP contribution in [0.3, 0.4) is 0 Å². The third kappa shape index (κ3) is 3.30. The summed E-state index contributed by atoms with van der Waals surface area (Å²) in [5.74, 6) is -0.721. The molecule has 0 aromatic heterocycles. The summed E-state index contributed by atoms with van der Waals surface area (Å²) in [5.41, 5.74) is -1.28. The fraction of sp³-hybridized carbons (Fsp3) is 0.500. The Hall–Kier alpha value is -1.56. The van der Waals surface area contributed by atoms with Gasteiger partial charge in [-0.3, -0.25) is 4.79 Å². The number of amides is 1. The summed E-state index contributed by atoms with van der Waals surface area (Å²) in [6.45, 7) is 2.37. The summed E-state index contributed by atoms with van der Waals surface area (Å²) >= 11 is 0. The molecule has 1 aliphatic heterocycles. The van der Waals surface area contributed by atoms with E-state index in [9.17, 15) is 18.0 Å². The zero-order valence-electron chi connectivity index (χ0n) is 11.0. The maximum absolute atomic E-state index is 12.8. The van der Waals surface area contributed by atoms with Gasteiger partial charge in [-0.15, -0.1) is 0 Å². The summed E-state index contributed by atoms with van der Waals surface area (Å²) in [6, 6.07) is 4.46. The van der Waals surface area contributed by atoms with Crippen LogP contribution >= 0.6 is 0 Å². The number of hydrogen-bond donors (Lipinski definition) is 1. The Bertz CT molecular complexity index is 482. The van der Waals surface area contributed by atoms with Crippen LogP contribution in [0.5, 0.6) is 0 Å². The van der Waals surface area contributed by atoms with Crippen LogP contribution in [0.15, 0.2) is 24.3 Å². The SMILES string of the molecule is C[C@@H](NC(=O)c1ccccc1C(F)(F)F)[C@H]1CCCO1. The molecule has 2 atom stereocenters. The molecule has 0 unspecified atom stereocenters. The first-order valence-electron chi connectivity index (χ1n) is 6.48. The molecular weight excluding hydrogens is 271 g/mol. The Morgan fingerprint density at radius 1 is 1.40 bits per heavy atom. The zero-order valence-corrected chi connectivity index (χ0v) is 11.0. The molecule has 1 aromatic rings. The Labute approximate surface area is 115 Å². The smallest absolute Gasteiger partial charge is 0.376 e. The van der Waals surface area contributed by atoms with Gasteiger partial charge >= 0.3 is 6.18 Å². The Balaban J connectivity index is 2.13. The van der Waals surface area contributed by atoms with Gasteiger partial charge in [-0.2, -0.15) is 13.2 Å². The quantitative estimate of drug-likeness (QED) is 0.928. The molecule has 1 aliphatic rings. The lowest BCUT2D eigenvalue weighted by Crippen LogP contribution is -2.41. The van der Waals surface area contributed by atoms with Gasteiger partial charge in [0.15, 0.2) is 0 Å². The number of halogens is 3. The number of benzene rings is 1. The van der Waals surface area contributed by atoms with E-state index in [0.29, 0.717) is 6.61 Å². The largest absolute Gasteiger partial charge is 0.417 e. The van der Waals surface area contributed by atoms with Crippen molar-refractivity contribution in [1.29, 1.82) is 0 Å². The second-order valence-electron chi connectivity index (χ2n) is 4.86. The minimum Gasteiger partial charge on any atom is -0.376 e. The average Bonchev–Trinajstić information content (AvgIpc) is 2.91. The molecule has 1 fully saturated rings. The third-order valence-electron chi connectivity index (χ3n) is 3.36. The van der Waals surface area contributed by atoms with E-state index in [1.807, 2.05) is 0 Å². The summed E-state index contributed by atoms with van der Waals surface area (Å²) < 4.78 is 43.9. The molecule has 2 rings (SSSR count). The van der Waals surface area contributed by atoms with Crippen molar-refractivity contribution < 1.29 is 22.7 Å². The van der Waals surface area contributed by atoms with E-state index >= 15 is 0 Å². The second-order valence-corrected chi connectivity index (χ2v) is 4.86. The molecule has 1 saturated heterocycles. The molecule has 20 heavy (non-hydrogen) atoms. The first kappa shape index (κ1) is 14.8. The summed E-state index contributed by atoms with van der Waals surface area (Å²) in [6.07, 6.45) is -2.95. The molecule has 0 spiro atoms. The molecule has 3 nitrogen and oxygen atoms in total. The van der Waals surface area contributed by atoms with Gasteiger partial charge in [0.2, 0.25) is 0 Å². The normalized spacial score (nSPS) is 20.7. The minimum absolute atomic E-state index is 0.128. The van der Waals surface area contributed by atoms with E-state index in [0.717, 1.165) is 18.9 Å². The van der Waals surface area contributed by atoms with E-state index in [2.05, 4.69) is 5.32 Å². The van der Waals surface area contributed by atoms with Crippen LogP contribution in [-0.2, 0) is 10.9 Å². The van der Waals surface area contributed by atoms with Gasteiger partial charge in [0.1, 0.15) is 0 Å². The average molecular weight is 287 g/mol. The highest BCUT2D eigenvalue weighted by atomic mass is 19.4. The molecular formula is C14H16F3NO2. The lowest BCUT2D eigenvalue weighted by Gasteiger charge is -2.21. The highest BCUT2D eigenvalue weighted by Gasteiger charge is 2.35. The monoisotopic (exact) mass is 287 g/mol. The van der Waals surface area contributed by atoms with Crippen LogP contribution in [-0.4, -0.2) is 24.7 Å². The summed E-state index contributed by atoms with van der Waals surface area (Å²) in [4.78, 5) is 12.0. The van der Waals surface area contributed by atoms with Gasteiger partial charge in [0, 0.05) is 6.61 Å². The number of alkyl halides is 3. The van der Waals surface area contributed by atoms with Crippen molar-refractivity contribution >= 4 is 5.91 Å². The molecule has 0 aliphatic carbocycles. The molecule has 6 heteroatoms. The van der Waals surface area contributed by atoms with Crippen molar-refractivity contribution in [2.45, 2.75) is 38.1 Å². The molecule has 110 valence electrons. The van der Waals surface area contributed by atoms with Crippen molar-refractivity contribution in [2.75, 3.05) is 6.61 Å². The molecule has 0 radical (unpaired) electrons. The fourth-order valence-electron chi connectivity index (χ4n) is 2.30. The number of carbonyl (C=O) groups is 1. The zero-order chi connectivity index (χ0) is 14.8. The van der Waals surface area contributed by atoms with E-state index in [1.165, 1.54) is 18.2 Å². The van der Waals surface area contributed by atoms with Crippen molar-refractivity contribution in [3.63, 3.8) is 0 Å². The molecule has 1 heterocycles. The highest BCUT2D eigenvalue weighted by molar-refractivity contribution is 5.96. The Morgan fingerprint density at radius 3 is 2.70 bits per heavy atom. The molecule has 0 saturated carbocycles.